The summed E-state index contributed by atoms with van der Waals surface area (Å²) in [5, 5.41) is 7.25. The highest BCUT2D eigenvalue weighted by molar-refractivity contribution is 9.10. The van der Waals surface area contributed by atoms with Gasteiger partial charge in [-0.1, -0.05) is 58.4 Å². The molecule has 0 saturated heterocycles. The van der Waals surface area contributed by atoms with Gasteiger partial charge in [-0.15, -0.1) is 0 Å². The Morgan fingerprint density at radius 1 is 0.947 bits per heavy atom. The molecule has 0 aliphatic heterocycles. The van der Waals surface area contributed by atoms with E-state index in [-0.39, 0.29) is 0 Å². The molecule has 4 heteroatoms. The summed E-state index contributed by atoms with van der Waals surface area (Å²) in [6, 6.07) is 18.2. The molecule has 19 heavy (non-hydrogen) atoms. The number of benzene rings is 2. The van der Waals surface area contributed by atoms with Crippen molar-refractivity contribution < 1.29 is 0 Å². The van der Waals surface area contributed by atoms with E-state index < -0.39 is 0 Å². The molecule has 0 bridgehead atoms. The molecule has 1 aromatic heterocycles. The lowest BCUT2D eigenvalue weighted by molar-refractivity contribution is 0.972. The molecular formula is C15H12BrN3. The molecule has 0 saturated carbocycles. The Balaban J connectivity index is 1.80. The van der Waals surface area contributed by atoms with E-state index in [1.807, 2.05) is 42.5 Å². The standard InChI is InChI=1S/C15H12BrN3/c16-13-8-6-11(7-9-13)10-14-17-15(19-18-14)12-4-2-1-3-5-12/h1-9H,10H2,(H,17,18,19). The molecule has 2 aromatic carbocycles. The van der Waals surface area contributed by atoms with Crippen LogP contribution in [0.15, 0.2) is 59.1 Å². The van der Waals surface area contributed by atoms with Crippen LogP contribution in [0, 0.1) is 0 Å². The fourth-order valence-corrected chi connectivity index (χ4v) is 2.15. The van der Waals surface area contributed by atoms with Crippen LogP contribution in [0.2, 0.25) is 0 Å². The topological polar surface area (TPSA) is 41.6 Å². The Labute approximate surface area is 119 Å². The molecule has 0 radical (unpaired) electrons. The largest absolute Gasteiger partial charge is 0.262 e. The lowest BCUT2D eigenvalue weighted by Gasteiger charge is -1.97. The summed E-state index contributed by atoms with van der Waals surface area (Å²) >= 11 is 3.43. The molecule has 1 N–H and O–H groups in total. The molecule has 0 aliphatic carbocycles. The Morgan fingerprint density at radius 2 is 1.68 bits per heavy atom. The summed E-state index contributed by atoms with van der Waals surface area (Å²) in [5.41, 5.74) is 2.24. The first-order valence-corrected chi connectivity index (χ1v) is 6.82. The van der Waals surface area contributed by atoms with E-state index in [1.165, 1.54) is 5.56 Å². The van der Waals surface area contributed by atoms with Gasteiger partial charge in [-0.3, -0.25) is 5.10 Å². The number of aromatic amines is 1. The van der Waals surface area contributed by atoms with Crippen LogP contribution >= 0.6 is 15.9 Å². The molecule has 3 rings (SSSR count). The van der Waals surface area contributed by atoms with Gasteiger partial charge in [-0.25, -0.2) is 4.98 Å². The van der Waals surface area contributed by atoms with Crippen molar-refractivity contribution in [3.8, 4) is 11.4 Å². The molecule has 0 atom stereocenters. The monoisotopic (exact) mass is 313 g/mol. The molecule has 1 heterocycles. The lowest BCUT2D eigenvalue weighted by Crippen LogP contribution is -1.90. The molecule has 0 amide bonds. The third-order valence-corrected chi connectivity index (χ3v) is 3.38. The van der Waals surface area contributed by atoms with Crippen LogP contribution in [0.25, 0.3) is 11.4 Å². The second kappa shape index (κ2) is 5.36. The normalized spacial score (nSPS) is 10.6. The average molecular weight is 314 g/mol. The number of rotatable bonds is 3. The van der Waals surface area contributed by atoms with Crippen LogP contribution in [-0.4, -0.2) is 15.2 Å². The molecule has 0 spiro atoms. The third-order valence-electron chi connectivity index (χ3n) is 2.85. The van der Waals surface area contributed by atoms with E-state index in [0.29, 0.717) is 0 Å². The first kappa shape index (κ1) is 12.1. The van der Waals surface area contributed by atoms with Crippen molar-refractivity contribution in [2.45, 2.75) is 6.42 Å². The van der Waals surface area contributed by atoms with E-state index in [1.54, 1.807) is 0 Å². The SMILES string of the molecule is Brc1ccc(Cc2nc(-c3ccccc3)n[nH]2)cc1. The van der Waals surface area contributed by atoms with Crippen LogP contribution in [0.4, 0.5) is 0 Å². The fourth-order valence-electron chi connectivity index (χ4n) is 1.89. The number of nitrogens with one attached hydrogen (secondary N) is 1. The number of aromatic nitrogens is 3. The summed E-state index contributed by atoms with van der Waals surface area (Å²) in [4.78, 5) is 4.52. The zero-order valence-electron chi connectivity index (χ0n) is 10.2. The van der Waals surface area contributed by atoms with Gasteiger partial charge in [0.05, 0.1) is 0 Å². The third kappa shape index (κ3) is 2.90. The number of hydrogen-bond donors (Lipinski definition) is 1. The van der Waals surface area contributed by atoms with Crippen LogP contribution in [-0.2, 0) is 6.42 Å². The highest BCUT2D eigenvalue weighted by Crippen LogP contribution is 2.16. The zero-order chi connectivity index (χ0) is 13.1. The van der Waals surface area contributed by atoms with Gasteiger partial charge >= 0.3 is 0 Å². The van der Waals surface area contributed by atoms with Gasteiger partial charge in [0.1, 0.15) is 5.82 Å². The average Bonchev–Trinajstić information content (AvgIpc) is 2.91. The van der Waals surface area contributed by atoms with Crippen molar-refractivity contribution in [2.24, 2.45) is 0 Å². The highest BCUT2D eigenvalue weighted by Gasteiger charge is 2.05. The van der Waals surface area contributed by atoms with Crippen molar-refractivity contribution >= 4 is 15.9 Å². The van der Waals surface area contributed by atoms with Gasteiger partial charge in [-0.05, 0) is 17.7 Å². The Bertz CT molecular complexity index is 659. The summed E-state index contributed by atoms with van der Waals surface area (Å²) in [5.74, 6) is 1.62. The molecular weight excluding hydrogens is 302 g/mol. The Morgan fingerprint density at radius 3 is 2.42 bits per heavy atom. The van der Waals surface area contributed by atoms with E-state index in [0.717, 1.165) is 28.1 Å². The van der Waals surface area contributed by atoms with Crippen molar-refractivity contribution in [1.82, 2.24) is 15.2 Å². The van der Waals surface area contributed by atoms with Gasteiger partial charge in [0.2, 0.25) is 0 Å². The molecule has 0 unspecified atom stereocenters. The molecule has 0 fully saturated rings. The lowest BCUT2D eigenvalue weighted by atomic mass is 10.1. The first-order valence-electron chi connectivity index (χ1n) is 6.02. The first-order chi connectivity index (χ1) is 9.31. The van der Waals surface area contributed by atoms with Crippen molar-refractivity contribution in [3.63, 3.8) is 0 Å². The number of hydrogen-bond acceptors (Lipinski definition) is 2. The second-order valence-corrected chi connectivity index (χ2v) is 5.19. The summed E-state index contributed by atoms with van der Waals surface area (Å²) in [6.07, 6.45) is 0.757. The van der Waals surface area contributed by atoms with Crippen LogP contribution in [0.5, 0.6) is 0 Å². The van der Waals surface area contributed by atoms with E-state index >= 15 is 0 Å². The number of H-pyrrole nitrogens is 1. The summed E-state index contributed by atoms with van der Waals surface area (Å²) in [6.45, 7) is 0. The number of halogens is 1. The summed E-state index contributed by atoms with van der Waals surface area (Å²) in [7, 11) is 0. The van der Waals surface area contributed by atoms with Gasteiger partial charge in [0.25, 0.3) is 0 Å². The van der Waals surface area contributed by atoms with Crippen molar-refractivity contribution in [2.75, 3.05) is 0 Å². The molecule has 94 valence electrons. The van der Waals surface area contributed by atoms with E-state index in [2.05, 4.69) is 43.2 Å². The second-order valence-electron chi connectivity index (χ2n) is 4.27. The van der Waals surface area contributed by atoms with E-state index in [9.17, 15) is 0 Å². The van der Waals surface area contributed by atoms with Gasteiger partial charge < -0.3 is 0 Å². The Hall–Kier alpha value is -1.94. The Kier molecular flexibility index (Phi) is 3.42. The molecule has 3 nitrogen and oxygen atoms in total. The number of nitrogens with zero attached hydrogens (tertiary/aromatic N) is 2. The molecule has 0 aliphatic rings. The predicted octanol–water partition coefficient (Wildman–Crippen LogP) is 3.83. The quantitative estimate of drug-likeness (QED) is 0.798. The van der Waals surface area contributed by atoms with Crippen LogP contribution in [0.3, 0.4) is 0 Å². The van der Waals surface area contributed by atoms with Crippen molar-refractivity contribution in [3.05, 3.63) is 70.5 Å². The zero-order valence-corrected chi connectivity index (χ0v) is 11.8. The predicted molar refractivity (Wildman–Crippen MR) is 78.8 cm³/mol. The maximum absolute atomic E-state index is 4.52. The van der Waals surface area contributed by atoms with Gasteiger partial charge in [-0.2, -0.15) is 5.10 Å². The minimum Gasteiger partial charge on any atom is -0.262 e. The van der Waals surface area contributed by atoms with Crippen LogP contribution < -0.4 is 0 Å². The fraction of sp³-hybridized carbons (Fsp3) is 0.0667. The van der Waals surface area contributed by atoms with Crippen LogP contribution in [0.1, 0.15) is 11.4 Å². The minimum atomic E-state index is 0.743. The summed E-state index contributed by atoms with van der Waals surface area (Å²) < 4.78 is 1.08. The van der Waals surface area contributed by atoms with Gasteiger partial charge in [0, 0.05) is 16.5 Å². The van der Waals surface area contributed by atoms with Gasteiger partial charge in [0.15, 0.2) is 5.82 Å². The van der Waals surface area contributed by atoms with Crippen molar-refractivity contribution in [1.29, 1.82) is 0 Å². The highest BCUT2D eigenvalue weighted by atomic mass is 79.9. The molecule has 3 aromatic rings. The van der Waals surface area contributed by atoms with E-state index in [4.69, 9.17) is 0 Å². The smallest absolute Gasteiger partial charge is 0.181 e. The maximum Gasteiger partial charge on any atom is 0.181 e. The minimum absolute atomic E-state index is 0.743. The maximum atomic E-state index is 4.52.